The molecule has 0 radical (unpaired) electrons. The largest absolute Gasteiger partial charge is 0.493 e. The van der Waals surface area contributed by atoms with E-state index in [-0.39, 0.29) is 28.7 Å². The van der Waals surface area contributed by atoms with Crippen molar-refractivity contribution in [3.63, 3.8) is 0 Å². The SMILES string of the molecule is CCOc1cc(C(=O)Oc2ccc(/C=C(\C#N)C(=O)NC(C)C)cc2OC)cc(OCC)c1OCC. The monoisotopic (exact) mass is 496 g/mol. The molecule has 36 heavy (non-hydrogen) atoms. The highest BCUT2D eigenvalue weighted by molar-refractivity contribution is 6.01. The molecule has 0 aliphatic carbocycles. The molecule has 0 saturated heterocycles. The van der Waals surface area contributed by atoms with Crippen LogP contribution in [0.5, 0.6) is 28.7 Å². The summed E-state index contributed by atoms with van der Waals surface area (Å²) in [5.41, 5.74) is 0.672. The number of nitrogens with zero attached hydrogens (tertiary/aromatic N) is 1. The minimum Gasteiger partial charge on any atom is -0.493 e. The topological polar surface area (TPSA) is 116 Å². The van der Waals surface area contributed by atoms with Crippen molar-refractivity contribution < 1.29 is 33.3 Å². The summed E-state index contributed by atoms with van der Waals surface area (Å²) in [5.74, 6) is 0.431. The van der Waals surface area contributed by atoms with Gasteiger partial charge in [-0.15, -0.1) is 0 Å². The molecule has 0 aliphatic rings. The van der Waals surface area contributed by atoms with E-state index in [9.17, 15) is 14.9 Å². The van der Waals surface area contributed by atoms with Crippen LogP contribution < -0.4 is 29.0 Å². The Balaban J connectivity index is 2.38. The molecule has 1 N–H and O–H groups in total. The van der Waals surface area contributed by atoms with Crippen molar-refractivity contribution in [2.45, 2.75) is 40.7 Å². The molecule has 192 valence electrons. The van der Waals surface area contributed by atoms with Gasteiger partial charge in [-0.25, -0.2) is 4.79 Å². The predicted octanol–water partition coefficient (Wildman–Crippen LogP) is 4.54. The Labute approximate surface area is 211 Å². The molecule has 2 aromatic carbocycles. The summed E-state index contributed by atoms with van der Waals surface area (Å²) in [5, 5.41) is 12.0. The average molecular weight is 497 g/mol. The first kappa shape index (κ1) is 28.1. The van der Waals surface area contributed by atoms with Crippen molar-refractivity contribution in [2.75, 3.05) is 26.9 Å². The van der Waals surface area contributed by atoms with E-state index in [0.717, 1.165) is 0 Å². The molecule has 0 atom stereocenters. The third-order valence-electron chi connectivity index (χ3n) is 4.63. The van der Waals surface area contributed by atoms with Crippen LogP contribution in [0.3, 0.4) is 0 Å². The molecule has 1 amide bonds. The Bertz CT molecular complexity index is 1120. The van der Waals surface area contributed by atoms with E-state index in [1.165, 1.54) is 31.4 Å². The maximum atomic E-state index is 13.0. The molecule has 9 nitrogen and oxygen atoms in total. The molecule has 0 unspecified atom stereocenters. The van der Waals surface area contributed by atoms with Crippen molar-refractivity contribution >= 4 is 18.0 Å². The van der Waals surface area contributed by atoms with E-state index in [1.807, 2.05) is 26.8 Å². The fourth-order valence-electron chi connectivity index (χ4n) is 3.18. The average Bonchev–Trinajstić information content (AvgIpc) is 2.84. The van der Waals surface area contributed by atoms with Crippen molar-refractivity contribution in [2.24, 2.45) is 0 Å². The van der Waals surface area contributed by atoms with E-state index in [1.54, 1.807) is 26.0 Å². The van der Waals surface area contributed by atoms with Gasteiger partial charge in [-0.2, -0.15) is 5.26 Å². The quantitative estimate of drug-likeness (QED) is 0.197. The van der Waals surface area contributed by atoms with Crippen LogP contribution >= 0.6 is 0 Å². The Hall–Kier alpha value is -4.19. The number of rotatable bonds is 12. The zero-order chi connectivity index (χ0) is 26.7. The minimum atomic E-state index is -0.657. The summed E-state index contributed by atoms with van der Waals surface area (Å²) in [6.45, 7) is 10.2. The molecule has 0 aliphatic heterocycles. The van der Waals surface area contributed by atoms with Crippen LogP contribution in [0, 0.1) is 11.3 Å². The number of benzene rings is 2. The predicted molar refractivity (Wildman–Crippen MR) is 135 cm³/mol. The van der Waals surface area contributed by atoms with E-state index in [4.69, 9.17) is 23.7 Å². The van der Waals surface area contributed by atoms with Crippen LogP contribution in [0.2, 0.25) is 0 Å². The summed E-state index contributed by atoms with van der Waals surface area (Å²) in [6, 6.07) is 9.56. The number of esters is 1. The van der Waals surface area contributed by atoms with Crippen LogP contribution in [-0.2, 0) is 4.79 Å². The highest BCUT2D eigenvalue weighted by Gasteiger charge is 2.21. The second kappa shape index (κ2) is 13.6. The molecular weight excluding hydrogens is 464 g/mol. The minimum absolute atomic E-state index is 0.0585. The smallest absolute Gasteiger partial charge is 0.343 e. The van der Waals surface area contributed by atoms with E-state index in [0.29, 0.717) is 42.6 Å². The number of ether oxygens (including phenoxy) is 5. The van der Waals surface area contributed by atoms with Crippen molar-refractivity contribution in [3.05, 3.63) is 47.0 Å². The van der Waals surface area contributed by atoms with Gasteiger partial charge in [0.25, 0.3) is 5.91 Å². The van der Waals surface area contributed by atoms with E-state index < -0.39 is 11.9 Å². The number of amides is 1. The van der Waals surface area contributed by atoms with Gasteiger partial charge in [0.05, 0.1) is 32.5 Å². The van der Waals surface area contributed by atoms with Gasteiger partial charge in [-0.1, -0.05) is 6.07 Å². The lowest BCUT2D eigenvalue weighted by Crippen LogP contribution is -2.30. The number of nitrogens with one attached hydrogen (secondary N) is 1. The zero-order valence-corrected chi connectivity index (χ0v) is 21.5. The van der Waals surface area contributed by atoms with Gasteiger partial charge in [0.15, 0.2) is 23.0 Å². The number of carbonyl (C=O) groups is 2. The van der Waals surface area contributed by atoms with Crippen LogP contribution in [0.4, 0.5) is 0 Å². The Kier molecular flexibility index (Phi) is 10.6. The molecule has 0 heterocycles. The molecule has 9 heteroatoms. The second-order valence-electron chi connectivity index (χ2n) is 7.70. The molecule has 2 rings (SSSR count). The first-order valence-corrected chi connectivity index (χ1v) is 11.7. The highest BCUT2D eigenvalue weighted by atomic mass is 16.6. The Morgan fingerprint density at radius 1 is 0.944 bits per heavy atom. The number of methoxy groups -OCH3 is 1. The molecular formula is C27H32N2O7. The van der Waals surface area contributed by atoms with Crippen LogP contribution in [0.25, 0.3) is 6.08 Å². The molecule has 2 aromatic rings. The lowest BCUT2D eigenvalue weighted by molar-refractivity contribution is -0.117. The van der Waals surface area contributed by atoms with Gasteiger partial charge in [0.2, 0.25) is 5.75 Å². The summed E-state index contributed by atoms with van der Waals surface area (Å²) in [4.78, 5) is 25.2. The van der Waals surface area contributed by atoms with Crippen molar-refractivity contribution in [1.82, 2.24) is 5.32 Å². The van der Waals surface area contributed by atoms with Crippen LogP contribution in [0.15, 0.2) is 35.9 Å². The van der Waals surface area contributed by atoms with Crippen LogP contribution in [-0.4, -0.2) is 44.8 Å². The Morgan fingerprint density at radius 2 is 1.56 bits per heavy atom. The van der Waals surface area contributed by atoms with Gasteiger partial charge in [-0.3, -0.25) is 4.79 Å². The molecule has 0 aromatic heterocycles. The standard InChI is InChI=1S/C27H32N2O7/c1-7-33-23-14-19(15-24(34-8-2)25(23)35-9-3)27(31)36-21-11-10-18(13-22(21)32-6)12-20(16-28)26(30)29-17(4)5/h10-15,17H,7-9H2,1-6H3,(H,29,30)/b20-12+. The van der Waals surface area contributed by atoms with Gasteiger partial charge in [-0.05, 0) is 70.5 Å². The lowest BCUT2D eigenvalue weighted by atomic mass is 10.1. The molecule has 0 fully saturated rings. The molecule has 0 spiro atoms. The maximum Gasteiger partial charge on any atom is 0.343 e. The van der Waals surface area contributed by atoms with Gasteiger partial charge in [0.1, 0.15) is 11.6 Å². The number of nitriles is 1. The van der Waals surface area contributed by atoms with Gasteiger partial charge >= 0.3 is 5.97 Å². The maximum absolute atomic E-state index is 13.0. The fraction of sp³-hybridized carbons (Fsp3) is 0.370. The summed E-state index contributed by atoms with van der Waals surface area (Å²) < 4.78 is 28.0. The van der Waals surface area contributed by atoms with Crippen molar-refractivity contribution in [3.8, 4) is 34.8 Å². The summed E-state index contributed by atoms with van der Waals surface area (Å²) >= 11 is 0. The van der Waals surface area contributed by atoms with E-state index >= 15 is 0 Å². The van der Waals surface area contributed by atoms with Crippen molar-refractivity contribution in [1.29, 1.82) is 5.26 Å². The number of hydrogen-bond donors (Lipinski definition) is 1. The third kappa shape index (κ3) is 7.40. The molecule has 0 saturated carbocycles. The van der Waals surface area contributed by atoms with Gasteiger partial charge in [0, 0.05) is 6.04 Å². The number of hydrogen-bond acceptors (Lipinski definition) is 8. The fourth-order valence-corrected chi connectivity index (χ4v) is 3.18. The first-order valence-electron chi connectivity index (χ1n) is 11.7. The summed E-state index contributed by atoms with van der Waals surface area (Å²) in [7, 11) is 1.42. The second-order valence-corrected chi connectivity index (χ2v) is 7.70. The van der Waals surface area contributed by atoms with E-state index in [2.05, 4.69) is 5.32 Å². The highest BCUT2D eigenvalue weighted by Crippen LogP contribution is 2.40. The van der Waals surface area contributed by atoms with Crippen LogP contribution in [0.1, 0.15) is 50.5 Å². The van der Waals surface area contributed by atoms with Gasteiger partial charge < -0.3 is 29.0 Å². The number of carbonyl (C=O) groups excluding carboxylic acids is 2. The zero-order valence-electron chi connectivity index (χ0n) is 21.5. The first-order chi connectivity index (χ1) is 17.3. The Morgan fingerprint density at radius 3 is 2.06 bits per heavy atom. The third-order valence-corrected chi connectivity index (χ3v) is 4.63. The summed E-state index contributed by atoms with van der Waals surface area (Å²) in [6.07, 6.45) is 1.43. The molecule has 0 bridgehead atoms. The normalized spacial score (nSPS) is 10.9. The lowest BCUT2D eigenvalue weighted by Gasteiger charge is -2.17.